The van der Waals surface area contributed by atoms with Crippen LogP contribution < -0.4 is 5.73 Å². The molecule has 0 aliphatic heterocycles. The fourth-order valence-corrected chi connectivity index (χ4v) is 1.40. The van der Waals surface area contributed by atoms with Gasteiger partial charge in [-0.2, -0.15) is 0 Å². The van der Waals surface area contributed by atoms with Crippen LogP contribution in [-0.4, -0.2) is 0 Å². The molecule has 1 nitrogen and oxygen atoms in total. The molecule has 0 saturated carbocycles. The van der Waals surface area contributed by atoms with E-state index < -0.39 is 23.5 Å². The molecule has 0 bridgehead atoms. The predicted octanol–water partition coefficient (Wildman–Crippen LogP) is 3.29. The van der Waals surface area contributed by atoms with Gasteiger partial charge in [0.15, 0.2) is 11.6 Å². The summed E-state index contributed by atoms with van der Waals surface area (Å²) in [6.07, 6.45) is 2.33. The number of rotatable bonds is 4. The SMILES string of the molecule is CCCC[C@@H](N)c1cc(F)c(F)cc1F. The average molecular weight is 217 g/mol. The van der Waals surface area contributed by atoms with Crippen molar-refractivity contribution >= 4 is 0 Å². The first-order chi connectivity index (χ1) is 7.06. The summed E-state index contributed by atoms with van der Waals surface area (Å²) in [6.45, 7) is 1.98. The summed E-state index contributed by atoms with van der Waals surface area (Å²) in [6, 6.07) is 0.807. The van der Waals surface area contributed by atoms with Gasteiger partial charge in [0.25, 0.3) is 0 Å². The quantitative estimate of drug-likeness (QED) is 0.769. The Hall–Kier alpha value is -1.03. The molecular formula is C11H14F3N. The summed E-state index contributed by atoms with van der Waals surface area (Å²) in [5.74, 6) is -3.02. The van der Waals surface area contributed by atoms with E-state index in [9.17, 15) is 13.2 Å². The van der Waals surface area contributed by atoms with Gasteiger partial charge in [-0.25, -0.2) is 13.2 Å². The van der Waals surface area contributed by atoms with Gasteiger partial charge in [-0.3, -0.25) is 0 Å². The molecule has 0 unspecified atom stereocenters. The van der Waals surface area contributed by atoms with Gasteiger partial charge in [0.2, 0.25) is 0 Å². The van der Waals surface area contributed by atoms with Crippen molar-refractivity contribution in [2.75, 3.05) is 0 Å². The number of benzene rings is 1. The van der Waals surface area contributed by atoms with Crippen molar-refractivity contribution in [2.24, 2.45) is 5.73 Å². The molecule has 0 heterocycles. The number of unbranched alkanes of at least 4 members (excludes halogenated alkanes) is 1. The van der Waals surface area contributed by atoms with Gasteiger partial charge in [0, 0.05) is 17.7 Å². The molecule has 1 aromatic rings. The van der Waals surface area contributed by atoms with Gasteiger partial charge in [-0.1, -0.05) is 19.8 Å². The molecule has 1 rings (SSSR count). The highest BCUT2D eigenvalue weighted by Gasteiger charge is 2.15. The molecule has 1 atom stereocenters. The number of hydrogen-bond donors (Lipinski definition) is 1. The smallest absolute Gasteiger partial charge is 0.161 e. The van der Waals surface area contributed by atoms with Crippen LogP contribution in [0.15, 0.2) is 12.1 Å². The van der Waals surface area contributed by atoms with Crippen LogP contribution >= 0.6 is 0 Å². The summed E-state index contributed by atoms with van der Waals surface area (Å²) in [7, 11) is 0. The van der Waals surface area contributed by atoms with Gasteiger partial charge in [-0.15, -0.1) is 0 Å². The van der Waals surface area contributed by atoms with E-state index >= 15 is 0 Å². The second-order valence-corrected chi connectivity index (χ2v) is 3.54. The lowest BCUT2D eigenvalue weighted by molar-refractivity contribution is 0.479. The molecule has 0 radical (unpaired) electrons. The third-order valence-corrected chi connectivity index (χ3v) is 2.31. The topological polar surface area (TPSA) is 26.0 Å². The largest absolute Gasteiger partial charge is 0.324 e. The highest BCUT2D eigenvalue weighted by molar-refractivity contribution is 5.23. The molecule has 1 aromatic carbocycles. The standard InChI is InChI=1S/C11H14F3N/c1-2-3-4-11(15)7-5-9(13)10(14)6-8(7)12/h5-6,11H,2-4,15H2,1H3/t11-/m1/s1. The molecule has 0 amide bonds. The maximum atomic E-state index is 13.2. The zero-order chi connectivity index (χ0) is 11.4. The van der Waals surface area contributed by atoms with Crippen molar-refractivity contribution in [3.8, 4) is 0 Å². The first kappa shape index (κ1) is 12.0. The fourth-order valence-electron chi connectivity index (χ4n) is 1.40. The zero-order valence-corrected chi connectivity index (χ0v) is 8.56. The van der Waals surface area contributed by atoms with Crippen LogP contribution in [0, 0.1) is 17.5 Å². The molecule has 15 heavy (non-hydrogen) atoms. The van der Waals surface area contributed by atoms with E-state index in [1.165, 1.54) is 0 Å². The first-order valence-electron chi connectivity index (χ1n) is 4.96. The Bertz CT molecular complexity index is 339. The van der Waals surface area contributed by atoms with Gasteiger partial charge in [-0.05, 0) is 12.5 Å². The van der Waals surface area contributed by atoms with E-state index in [1.54, 1.807) is 0 Å². The van der Waals surface area contributed by atoms with Gasteiger partial charge in [0.05, 0.1) is 0 Å². The molecular weight excluding hydrogens is 203 g/mol. The van der Waals surface area contributed by atoms with Crippen molar-refractivity contribution in [1.29, 1.82) is 0 Å². The zero-order valence-electron chi connectivity index (χ0n) is 8.56. The van der Waals surface area contributed by atoms with Crippen LogP contribution in [0.2, 0.25) is 0 Å². The lowest BCUT2D eigenvalue weighted by Crippen LogP contribution is -2.13. The van der Waals surface area contributed by atoms with Crippen LogP contribution in [-0.2, 0) is 0 Å². The van der Waals surface area contributed by atoms with Crippen LogP contribution in [0.4, 0.5) is 13.2 Å². The van der Waals surface area contributed by atoms with Gasteiger partial charge in [0.1, 0.15) is 5.82 Å². The maximum absolute atomic E-state index is 13.2. The van der Waals surface area contributed by atoms with Crippen LogP contribution in [0.25, 0.3) is 0 Å². The van der Waals surface area contributed by atoms with Crippen molar-refractivity contribution < 1.29 is 13.2 Å². The Morgan fingerprint density at radius 3 is 2.33 bits per heavy atom. The van der Waals surface area contributed by atoms with E-state index in [4.69, 9.17) is 5.73 Å². The van der Waals surface area contributed by atoms with Crippen molar-refractivity contribution in [2.45, 2.75) is 32.2 Å². The van der Waals surface area contributed by atoms with E-state index in [1.807, 2.05) is 6.92 Å². The minimum atomic E-state index is -1.18. The van der Waals surface area contributed by atoms with Gasteiger partial charge >= 0.3 is 0 Å². The number of halogens is 3. The van der Waals surface area contributed by atoms with Gasteiger partial charge < -0.3 is 5.73 Å². The van der Waals surface area contributed by atoms with E-state index in [0.717, 1.165) is 18.9 Å². The molecule has 0 aromatic heterocycles. The summed E-state index contributed by atoms with van der Waals surface area (Å²) >= 11 is 0. The summed E-state index contributed by atoms with van der Waals surface area (Å²) < 4.78 is 38.7. The maximum Gasteiger partial charge on any atom is 0.161 e. The Morgan fingerprint density at radius 1 is 1.13 bits per heavy atom. The highest BCUT2D eigenvalue weighted by atomic mass is 19.2. The summed E-state index contributed by atoms with van der Waals surface area (Å²) in [4.78, 5) is 0. The second kappa shape index (κ2) is 5.16. The number of hydrogen-bond acceptors (Lipinski definition) is 1. The van der Waals surface area contributed by atoms with Crippen LogP contribution in [0.1, 0.15) is 37.8 Å². The Kier molecular flexibility index (Phi) is 4.15. The normalized spacial score (nSPS) is 12.9. The Labute approximate surface area is 87.1 Å². The Morgan fingerprint density at radius 2 is 1.73 bits per heavy atom. The average Bonchev–Trinajstić information content (AvgIpc) is 2.20. The lowest BCUT2D eigenvalue weighted by Gasteiger charge is -2.12. The molecule has 2 N–H and O–H groups in total. The second-order valence-electron chi connectivity index (χ2n) is 3.54. The van der Waals surface area contributed by atoms with Crippen LogP contribution in [0.3, 0.4) is 0 Å². The molecule has 0 saturated heterocycles. The third kappa shape index (κ3) is 2.96. The molecule has 0 spiro atoms. The Balaban J connectivity index is 2.88. The van der Waals surface area contributed by atoms with E-state index in [-0.39, 0.29) is 5.56 Å². The highest BCUT2D eigenvalue weighted by Crippen LogP contribution is 2.22. The van der Waals surface area contributed by atoms with Crippen molar-refractivity contribution in [3.05, 3.63) is 35.1 Å². The molecule has 84 valence electrons. The molecule has 0 fully saturated rings. The van der Waals surface area contributed by atoms with E-state index in [0.29, 0.717) is 12.5 Å². The number of nitrogens with two attached hydrogens (primary N) is 1. The minimum absolute atomic E-state index is 0.0438. The minimum Gasteiger partial charge on any atom is -0.324 e. The predicted molar refractivity (Wildman–Crippen MR) is 52.8 cm³/mol. The monoisotopic (exact) mass is 217 g/mol. The summed E-state index contributed by atoms with van der Waals surface area (Å²) in [5.41, 5.74) is 5.72. The molecule has 0 aliphatic rings. The molecule has 4 heteroatoms. The van der Waals surface area contributed by atoms with Crippen molar-refractivity contribution in [1.82, 2.24) is 0 Å². The van der Waals surface area contributed by atoms with Crippen molar-refractivity contribution in [3.63, 3.8) is 0 Å². The first-order valence-corrected chi connectivity index (χ1v) is 4.96. The fraction of sp³-hybridized carbons (Fsp3) is 0.455. The third-order valence-electron chi connectivity index (χ3n) is 2.31. The van der Waals surface area contributed by atoms with E-state index in [2.05, 4.69) is 0 Å². The lowest BCUT2D eigenvalue weighted by atomic mass is 10.0. The summed E-state index contributed by atoms with van der Waals surface area (Å²) in [5, 5.41) is 0. The van der Waals surface area contributed by atoms with Crippen LogP contribution in [0.5, 0.6) is 0 Å². The molecule has 0 aliphatic carbocycles.